The summed E-state index contributed by atoms with van der Waals surface area (Å²) < 4.78 is 1.14. The van der Waals surface area contributed by atoms with E-state index in [0.29, 0.717) is 0 Å². The van der Waals surface area contributed by atoms with Gasteiger partial charge in [-0.05, 0) is 25.0 Å². The van der Waals surface area contributed by atoms with Crippen LogP contribution in [0.2, 0.25) is 0 Å². The van der Waals surface area contributed by atoms with Crippen LogP contribution in [0.15, 0.2) is 30.0 Å². The molecule has 1 saturated heterocycles. The van der Waals surface area contributed by atoms with Crippen molar-refractivity contribution in [2.45, 2.75) is 12.8 Å². The number of rotatable bonds is 1. The molecule has 0 radical (unpaired) electrons. The second-order valence-corrected chi connectivity index (χ2v) is 5.48. The minimum Gasteiger partial charge on any atom is -0.377 e. The lowest BCUT2D eigenvalue weighted by Gasteiger charge is -2.13. The molecule has 4 heteroatoms. The highest BCUT2D eigenvalue weighted by atomic mass is 32.1. The van der Waals surface area contributed by atoms with E-state index in [0.717, 1.165) is 45.9 Å². The van der Waals surface area contributed by atoms with E-state index in [4.69, 9.17) is 0 Å². The first kappa shape index (κ1) is 11.2. The molecule has 1 aliphatic heterocycles. The molecule has 0 bridgehead atoms. The molecule has 0 saturated carbocycles. The molecule has 0 N–H and O–H groups in total. The van der Waals surface area contributed by atoms with Gasteiger partial charge in [-0.2, -0.15) is 5.26 Å². The molecule has 0 unspecified atom stereocenters. The number of hydrogen-bond donors (Lipinski definition) is 0. The third kappa shape index (κ3) is 1.77. The van der Waals surface area contributed by atoms with Crippen LogP contribution in [0.1, 0.15) is 17.8 Å². The Hall–Kier alpha value is -1.86. The molecule has 1 aromatic carbocycles. The van der Waals surface area contributed by atoms with Crippen molar-refractivity contribution >= 4 is 27.1 Å². The summed E-state index contributed by atoms with van der Waals surface area (Å²) in [5.74, 6) is 0. The lowest BCUT2D eigenvalue weighted by molar-refractivity contribution is 0.483. The number of benzene rings is 1. The van der Waals surface area contributed by atoms with Crippen LogP contribution in [0.25, 0.3) is 15.8 Å². The fourth-order valence-corrected chi connectivity index (χ4v) is 3.32. The summed E-state index contributed by atoms with van der Waals surface area (Å²) in [5.41, 5.74) is 2.86. The van der Waals surface area contributed by atoms with Crippen LogP contribution in [-0.4, -0.2) is 23.5 Å². The molecule has 1 aliphatic rings. The van der Waals surface area contributed by atoms with Crippen LogP contribution in [0.3, 0.4) is 0 Å². The Morgan fingerprint density at radius 2 is 2.28 bits per heavy atom. The van der Waals surface area contributed by atoms with Gasteiger partial charge < -0.3 is 4.90 Å². The molecule has 1 aromatic heterocycles. The maximum Gasteiger partial charge on any atom is 0.136 e. The van der Waals surface area contributed by atoms with E-state index in [-0.39, 0.29) is 0 Å². The van der Waals surface area contributed by atoms with Crippen molar-refractivity contribution in [3.63, 3.8) is 0 Å². The summed E-state index contributed by atoms with van der Waals surface area (Å²) in [6, 6.07) is 10.4. The lowest BCUT2D eigenvalue weighted by Crippen LogP contribution is -2.11. The molecule has 0 spiro atoms. The van der Waals surface area contributed by atoms with Gasteiger partial charge in [0.25, 0.3) is 0 Å². The second-order valence-electron chi connectivity index (χ2n) is 4.45. The molecule has 90 valence electrons. The summed E-state index contributed by atoms with van der Waals surface area (Å²) in [4.78, 5) is 6.75. The maximum absolute atomic E-state index is 9.41. The smallest absolute Gasteiger partial charge is 0.136 e. The van der Waals surface area contributed by atoms with Crippen LogP contribution in [0.4, 0.5) is 0 Å². The Labute approximate surface area is 110 Å². The predicted molar refractivity (Wildman–Crippen MR) is 74.0 cm³/mol. The second kappa shape index (κ2) is 4.43. The highest BCUT2D eigenvalue weighted by Crippen LogP contribution is 2.32. The SMILES string of the molecule is CN1CCCC1=C(C#N)c1nc2ccccc2s1. The Kier molecular flexibility index (Phi) is 2.77. The summed E-state index contributed by atoms with van der Waals surface area (Å²) in [6.07, 6.45) is 2.11. The summed E-state index contributed by atoms with van der Waals surface area (Å²) in [7, 11) is 2.05. The minimum absolute atomic E-state index is 0.746. The fourth-order valence-electron chi connectivity index (χ4n) is 2.34. The average Bonchev–Trinajstić information content (AvgIpc) is 2.97. The third-order valence-corrected chi connectivity index (χ3v) is 4.33. The number of para-hydroxylation sites is 1. The third-order valence-electron chi connectivity index (χ3n) is 3.28. The summed E-state index contributed by atoms with van der Waals surface area (Å²) in [6.45, 7) is 1.03. The van der Waals surface area contributed by atoms with Gasteiger partial charge in [0.1, 0.15) is 16.6 Å². The van der Waals surface area contributed by atoms with E-state index < -0.39 is 0 Å². The van der Waals surface area contributed by atoms with E-state index in [9.17, 15) is 5.26 Å². The van der Waals surface area contributed by atoms with Gasteiger partial charge in [-0.1, -0.05) is 12.1 Å². The first-order chi connectivity index (χ1) is 8.79. The Morgan fingerprint density at radius 1 is 1.44 bits per heavy atom. The molecule has 3 rings (SSSR count). The number of nitriles is 1. The van der Waals surface area contributed by atoms with Crippen molar-refractivity contribution in [3.8, 4) is 6.07 Å². The number of thiazole rings is 1. The zero-order valence-corrected chi connectivity index (χ0v) is 11.0. The quantitative estimate of drug-likeness (QED) is 0.734. The number of nitrogens with zero attached hydrogens (tertiary/aromatic N) is 3. The molecule has 2 heterocycles. The van der Waals surface area contributed by atoms with Crippen LogP contribution in [0, 0.1) is 11.3 Å². The van der Waals surface area contributed by atoms with Crippen molar-refractivity contribution in [1.29, 1.82) is 5.26 Å². The monoisotopic (exact) mass is 255 g/mol. The first-order valence-corrected chi connectivity index (χ1v) is 6.81. The normalized spacial score (nSPS) is 18.1. The van der Waals surface area contributed by atoms with Crippen molar-refractivity contribution in [2.24, 2.45) is 0 Å². The topological polar surface area (TPSA) is 39.9 Å². The molecule has 18 heavy (non-hydrogen) atoms. The van der Waals surface area contributed by atoms with Gasteiger partial charge in [0, 0.05) is 19.3 Å². The maximum atomic E-state index is 9.41. The van der Waals surface area contributed by atoms with Crippen molar-refractivity contribution in [2.75, 3.05) is 13.6 Å². The van der Waals surface area contributed by atoms with Crippen LogP contribution in [-0.2, 0) is 0 Å². The Morgan fingerprint density at radius 3 is 2.94 bits per heavy atom. The summed E-state index contributed by atoms with van der Waals surface area (Å²) >= 11 is 1.60. The highest BCUT2D eigenvalue weighted by molar-refractivity contribution is 7.19. The van der Waals surface area contributed by atoms with Crippen molar-refractivity contribution in [1.82, 2.24) is 9.88 Å². The summed E-state index contributed by atoms with van der Waals surface area (Å²) in [5, 5.41) is 10.3. The lowest BCUT2D eigenvalue weighted by atomic mass is 10.2. The van der Waals surface area contributed by atoms with Gasteiger partial charge in [0.2, 0.25) is 0 Å². The first-order valence-electron chi connectivity index (χ1n) is 6.00. The van der Waals surface area contributed by atoms with Gasteiger partial charge >= 0.3 is 0 Å². The van der Waals surface area contributed by atoms with Gasteiger partial charge in [-0.25, -0.2) is 4.98 Å². The molecular formula is C14H13N3S. The van der Waals surface area contributed by atoms with Crippen molar-refractivity contribution in [3.05, 3.63) is 35.0 Å². The predicted octanol–water partition coefficient (Wildman–Crippen LogP) is 3.26. The standard InChI is InChI=1S/C14H13N3S/c1-17-8-4-6-12(17)10(9-15)14-16-11-5-2-3-7-13(11)18-14/h2-3,5,7H,4,6,8H2,1H3. The minimum atomic E-state index is 0.746. The van der Waals surface area contributed by atoms with E-state index in [1.165, 1.54) is 0 Å². The van der Waals surface area contributed by atoms with E-state index in [1.54, 1.807) is 11.3 Å². The largest absolute Gasteiger partial charge is 0.377 e. The number of allylic oxidation sites excluding steroid dienone is 2. The van der Waals surface area contributed by atoms with Crippen LogP contribution < -0.4 is 0 Å². The van der Waals surface area contributed by atoms with E-state index in [2.05, 4.69) is 22.0 Å². The molecule has 0 aliphatic carbocycles. The van der Waals surface area contributed by atoms with Gasteiger partial charge in [-0.3, -0.25) is 0 Å². The molecule has 0 atom stereocenters. The van der Waals surface area contributed by atoms with E-state index in [1.807, 2.05) is 25.2 Å². The molecule has 0 amide bonds. The number of likely N-dealkylation sites (tertiary alicyclic amines) is 1. The molecule has 2 aromatic rings. The average molecular weight is 255 g/mol. The molecule has 1 fully saturated rings. The number of fused-ring (bicyclic) bond motifs is 1. The Bertz CT molecular complexity index is 630. The zero-order valence-electron chi connectivity index (χ0n) is 10.2. The number of aromatic nitrogens is 1. The van der Waals surface area contributed by atoms with E-state index >= 15 is 0 Å². The Balaban J connectivity index is 2.15. The fraction of sp³-hybridized carbons (Fsp3) is 0.286. The highest BCUT2D eigenvalue weighted by Gasteiger charge is 2.20. The number of hydrogen-bond acceptors (Lipinski definition) is 4. The zero-order chi connectivity index (χ0) is 12.5. The van der Waals surface area contributed by atoms with Crippen LogP contribution in [0.5, 0.6) is 0 Å². The van der Waals surface area contributed by atoms with Gasteiger partial charge in [0.15, 0.2) is 0 Å². The van der Waals surface area contributed by atoms with Crippen LogP contribution >= 0.6 is 11.3 Å². The molecular weight excluding hydrogens is 242 g/mol. The van der Waals surface area contributed by atoms with Gasteiger partial charge in [-0.15, -0.1) is 11.3 Å². The van der Waals surface area contributed by atoms with Crippen molar-refractivity contribution < 1.29 is 0 Å². The molecule has 3 nitrogen and oxygen atoms in total. The van der Waals surface area contributed by atoms with Gasteiger partial charge in [0.05, 0.1) is 10.2 Å².